The molecule has 10 heteroatoms. The molecule has 0 radical (unpaired) electrons. The lowest BCUT2D eigenvalue weighted by Crippen LogP contribution is -2.36. The summed E-state index contributed by atoms with van der Waals surface area (Å²) in [5.74, 6) is 0.109. The maximum atomic E-state index is 12.9. The van der Waals surface area contributed by atoms with Gasteiger partial charge in [-0.25, -0.2) is 4.79 Å². The predicted octanol–water partition coefficient (Wildman–Crippen LogP) is 5.72. The van der Waals surface area contributed by atoms with Crippen LogP contribution in [0.25, 0.3) is 11.3 Å². The van der Waals surface area contributed by atoms with E-state index in [2.05, 4.69) is 15.2 Å². The van der Waals surface area contributed by atoms with Crippen LogP contribution in [0.5, 0.6) is 5.88 Å². The second-order valence-electron chi connectivity index (χ2n) is 8.12. The lowest BCUT2D eigenvalue weighted by molar-refractivity contribution is -0.118. The van der Waals surface area contributed by atoms with Crippen molar-refractivity contribution in [2.45, 2.75) is 24.1 Å². The van der Waals surface area contributed by atoms with Crippen LogP contribution in [0, 0.1) is 0 Å². The third-order valence-electron chi connectivity index (χ3n) is 5.78. The summed E-state index contributed by atoms with van der Waals surface area (Å²) in [5.41, 5.74) is 3.70. The zero-order valence-corrected chi connectivity index (χ0v) is 21.5. The number of para-hydroxylation sites is 1. The summed E-state index contributed by atoms with van der Waals surface area (Å²) in [6.07, 6.45) is -0.857. The first-order chi connectivity index (χ1) is 18.0. The van der Waals surface area contributed by atoms with E-state index in [9.17, 15) is 9.59 Å². The van der Waals surface area contributed by atoms with Gasteiger partial charge in [-0.15, -0.1) is 10.2 Å². The van der Waals surface area contributed by atoms with E-state index in [0.29, 0.717) is 44.0 Å². The minimum Gasteiger partial charge on any atom is -0.465 e. The van der Waals surface area contributed by atoms with E-state index in [1.54, 1.807) is 29.2 Å². The molecule has 1 aromatic heterocycles. The van der Waals surface area contributed by atoms with Crippen LogP contribution in [0.1, 0.15) is 34.6 Å². The third-order valence-corrected chi connectivity index (χ3v) is 7.04. The Hall–Kier alpha value is -3.95. The molecule has 0 N–H and O–H groups in total. The normalized spacial score (nSPS) is 14.1. The first-order valence-corrected chi connectivity index (χ1v) is 12.7. The quantitative estimate of drug-likeness (QED) is 0.238. The van der Waals surface area contributed by atoms with Gasteiger partial charge in [0.05, 0.1) is 18.4 Å². The van der Waals surface area contributed by atoms with Gasteiger partial charge in [0.25, 0.3) is 0 Å². The highest BCUT2D eigenvalue weighted by Gasteiger charge is 2.34. The van der Waals surface area contributed by atoms with Crippen molar-refractivity contribution in [3.05, 3.63) is 94.5 Å². The molecule has 1 aliphatic rings. The van der Waals surface area contributed by atoms with Crippen molar-refractivity contribution < 1.29 is 19.1 Å². The van der Waals surface area contributed by atoms with Crippen molar-refractivity contribution in [3.8, 4) is 17.1 Å². The number of nitrogens with zero attached hydrogens (tertiary/aromatic N) is 4. The zero-order valence-electron chi connectivity index (χ0n) is 19.9. The fraction of sp³-hybridized carbons (Fsp3) is 0.148. The Balaban J connectivity index is 1.56. The number of fused-ring (bicyclic) bond motifs is 3. The number of halogens is 1. The smallest absolute Gasteiger partial charge is 0.337 e. The second-order valence-corrected chi connectivity index (χ2v) is 9.47. The SMILES string of the molecule is COC(=O)c1ccc(C2Oc3nc(SCc4ccccc4Cl)nnc3-c3ccccc3N2C(C)=O)cc1. The molecule has 0 saturated carbocycles. The summed E-state index contributed by atoms with van der Waals surface area (Å²) in [7, 11) is 1.32. The van der Waals surface area contributed by atoms with Crippen molar-refractivity contribution in [1.82, 2.24) is 15.2 Å². The van der Waals surface area contributed by atoms with Crippen LogP contribution in [0.4, 0.5) is 5.69 Å². The molecule has 8 nitrogen and oxygen atoms in total. The molecule has 1 unspecified atom stereocenters. The molecule has 1 aliphatic heterocycles. The van der Waals surface area contributed by atoms with Crippen LogP contribution < -0.4 is 9.64 Å². The third kappa shape index (κ3) is 5.00. The molecular weight excluding hydrogens is 512 g/mol. The van der Waals surface area contributed by atoms with Crippen LogP contribution in [0.2, 0.25) is 5.02 Å². The van der Waals surface area contributed by atoms with Gasteiger partial charge >= 0.3 is 5.97 Å². The largest absolute Gasteiger partial charge is 0.465 e. The van der Waals surface area contributed by atoms with E-state index < -0.39 is 12.2 Å². The fourth-order valence-corrected chi connectivity index (χ4v) is 5.05. The molecule has 4 aromatic rings. The van der Waals surface area contributed by atoms with E-state index in [-0.39, 0.29) is 11.8 Å². The van der Waals surface area contributed by atoms with E-state index in [1.807, 2.05) is 48.5 Å². The molecule has 0 fully saturated rings. The first kappa shape index (κ1) is 24.7. The Morgan fingerprint density at radius 3 is 2.49 bits per heavy atom. The molecule has 1 amide bonds. The number of hydrogen-bond acceptors (Lipinski definition) is 8. The van der Waals surface area contributed by atoms with Crippen molar-refractivity contribution in [2.24, 2.45) is 0 Å². The van der Waals surface area contributed by atoms with Gasteiger partial charge in [0, 0.05) is 28.8 Å². The Bertz CT molecular complexity index is 1480. The molecule has 186 valence electrons. The maximum Gasteiger partial charge on any atom is 0.337 e. The number of thioether (sulfide) groups is 1. The lowest BCUT2D eigenvalue weighted by atomic mass is 10.1. The summed E-state index contributed by atoms with van der Waals surface area (Å²) >= 11 is 7.67. The molecule has 37 heavy (non-hydrogen) atoms. The molecular formula is C27H21ClN4O4S. The van der Waals surface area contributed by atoms with Gasteiger partial charge in [0.15, 0.2) is 5.69 Å². The van der Waals surface area contributed by atoms with Gasteiger partial charge in [0.2, 0.25) is 23.2 Å². The Morgan fingerprint density at radius 1 is 1.03 bits per heavy atom. The summed E-state index contributed by atoms with van der Waals surface area (Å²) in [6, 6.07) is 21.6. The standard InChI is InChI=1S/C27H21ClN4O4S/c1-16(33)32-22-10-6-4-8-20(22)23-24(36-25(32)17-11-13-18(14-12-17)26(34)35-2)29-27(31-30-23)37-15-19-7-3-5-9-21(19)28/h3-14,25H,15H2,1-2H3. The molecule has 2 heterocycles. The van der Waals surface area contributed by atoms with Crippen LogP contribution >= 0.6 is 23.4 Å². The number of rotatable bonds is 5. The minimum atomic E-state index is -0.857. The van der Waals surface area contributed by atoms with Crippen molar-refractivity contribution in [2.75, 3.05) is 12.0 Å². The summed E-state index contributed by atoms with van der Waals surface area (Å²) in [5, 5.41) is 9.82. The number of ether oxygens (including phenoxy) is 2. The molecule has 0 saturated heterocycles. The first-order valence-electron chi connectivity index (χ1n) is 11.3. The highest BCUT2D eigenvalue weighted by Crippen LogP contribution is 2.43. The minimum absolute atomic E-state index is 0.233. The monoisotopic (exact) mass is 532 g/mol. The molecule has 0 spiro atoms. The zero-order chi connectivity index (χ0) is 25.9. The molecule has 5 rings (SSSR count). The number of carbonyl (C=O) groups is 2. The van der Waals surface area contributed by atoms with Gasteiger partial charge in [0.1, 0.15) is 0 Å². The number of carbonyl (C=O) groups excluding carboxylic acids is 2. The molecule has 1 atom stereocenters. The van der Waals surface area contributed by atoms with Gasteiger partial charge < -0.3 is 9.47 Å². The summed E-state index contributed by atoms with van der Waals surface area (Å²) in [4.78, 5) is 31.1. The number of benzene rings is 3. The molecule has 0 aliphatic carbocycles. The summed E-state index contributed by atoms with van der Waals surface area (Å²) in [6.45, 7) is 1.47. The van der Waals surface area contributed by atoms with E-state index >= 15 is 0 Å². The van der Waals surface area contributed by atoms with E-state index in [1.165, 1.54) is 25.8 Å². The number of hydrogen-bond donors (Lipinski definition) is 0. The number of methoxy groups -OCH3 is 1. The van der Waals surface area contributed by atoms with Crippen LogP contribution in [0.15, 0.2) is 78.0 Å². The van der Waals surface area contributed by atoms with Crippen LogP contribution in [0.3, 0.4) is 0 Å². The lowest BCUT2D eigenvalue weighted by Gasteiger charge is -2.29. The highest BCUT2D eigenvalue weighted by molar-refractivity contribution is 7.98. The van der Waals surface area contributed by atoms with Crippen LogP contribution in [-0.2, 0) is 15.3 Å². The van der Waals surface area contributed by atoms with E-state index in [4.69, 9.17) is 21.1 Å². The van der Waals surface area contributed by atoms with Gasteiger partial charge in [-0.3, -0.25) is 9.69 Å². The molecule has 0 bridgehead atoms. The second kappa shape index (κ2) is 10.6. The topological polar surface area (TPSA) is 94.5 Å². The average molecular weight is 533 g/mol. The predicted molar refractivity (Wildman–Crippen MR) is 141 cm³/mol. The summed E-state index contributed by atoms with van der Waals surface area (Å²) < 4.78 is 11.2. The van der Waals surface area contributed by atoms with Crippen molar-refractivity contribution in [3.63, 3.8) is 0 Å². The number of anilines is 1. The number of aromatic nitrogens is 3. The van der Waals surface area contributed by atoms with Crippen LogP contribution in [-0.4, -0.2) is 34.2 Å². The van der Waals surface area contributed by atoms with Gasteiger partial charge in [-0.05, 0) is 29.8 Å². The Kier molecular flexibility index (Phi) is 7.07. The average Bonchev–Trinajstić information content (AvgIpc) is 3.06. The van der Waals surface area contributed by atoms with Gasteiger partial charge in [-0.1, -0.05) is 71.9 Å². The maximum absolute atomic E-state index is 12.9. The van der Waals surface area contributed by atoms with Gasteiger partial charge in [-0.2, -0.15) is 4.98 Å². The fourth-order valence-electron chi connectivity index (χ4n) is 3.99. The Labute approximate surface area is 222 Å². The highest BCUT2D eigenvalue weighted by atomic mass is 35.5. The van der Waals surface area contributed by atoms with Crippen molar-refractivity contribution in [1.29, 1.82) is 0 Å². The van der Waals surface area contributed by atoms with Crippen molar-refractivity contribution >= 4 is 40.9 Å². The molecule has 3 aromatic carbocycles. The van der Waals surface area contributed by atoms with E-state index in [0.717, 1.165) is 5.56 Å². The number of amides is 1. The number of esters is 1. The Morgan fingerprint density at radius 2 is 1.76 bits per heavy atom.